The number of rotatable bonds is 9. The fraction of sp³-hybridized carbons (Fsp3) is 0.217. The van der Waals surface area contributed by atoms with Gasteiger partial charge in [0.2, 0.25) is 12.3 Å². The Labute approximate surface area is 192 Å². The number of benzene rings is 2. The molecule has 2 aromatic heterocycles. The third kappa shape index (κ3) is 6.21. The van der Waals surface area contributed by atoms with Crippen molar-refractivity contribution in [2.24, 2.45) is 0 Å². The number of nitrogens with one attached hydrogen (secondary N) is 2. The maximum atomic E-state index is 13.5. The van der Waals surface area contributed by atoms with Gasteiger partial charge in [0.15, 0.2) is 11.6 Å². The lowest BCUT2D eigenvalue weighted by Gasteiger charge is -2.22. The van der Waals surface area contributed by atoms with Crippen LogP contribution in [0, 0.1) is 5.82 Å². The summed E-state index contributed by atoms with van der Waals surface area (Å²) in [6.07, 6.45) is -1.08. The molecular weight excluding hydrogens is 452 g/mol. The normalized spacial score (nSPS) is 12.6. The second-order valence-electron chi connectivity index (χ2n) is 7.47. The van der Waals surface area contributed by atoms with Crippen LogP contribution < -0.4 is 10.6 Å². The first-order valence-corrected chi connectivity index (χ1v) is 10.3. The predicted octanol–water partition coefficient (Wildman–Crippen LogP) is 4.14. The first-order valence-electron chi connectivity index (χ1n) is 10.3. The average molecular weight is 472 g/mol. The summed E-state index contributed by atoms with van der Waals surface area (Å²) in [7, 11) is 0. The molecule has 0 saturated carbocycles. The molecule has 0 unspecified atom stereocenters. The summed E-state index contributed by atoms with van der Waals surface area (Å²) in [5.74, 6) is 0.166. The molecule has 2 N–H and O–H groups in total. The Balaban J connectivity index is 1.29. The molecule has 0 radical (unpaired) electrons. The lowest BCUT2D eigenvalue weighted by molar-refractivity contribution is -0.155. The van der Waals surface area contributed by atoms with E-state index in [1.165, 1.54) is 6.39 Å². The van der Waals surface area contributed by atoms with Crippen molar-refractivity contribution in [3.8, 4) is 22.8 Å². The minimum Gasteiger partial charge on any atom is -0.423 e. The van der Waals surface area contributed by atoms with Crippen LogP contribution in [0.25, 0.3) is 22.8 Å². The molecule has 34 heavy (non-hydrogen) atoms. The maximum absolute atomic E-state index is 13.5. The Morgan fingerprint density at radius 1 is 0.853 bits per heavy atom. The molecule has 4 rings (SSSR count). The number of hydrogen-bond donors (Lipinski definition) is 2. The van der Waals surface area contributed by atoms with E-state index in [1.54, 1.807) is 48.5 Å². The highest BCUT2D eigenvalue weighted by atomic mass is 19.4. The predicted molar refractivity (Wildman–Crippen MR) is 116 cm³/mol. The van der Waals surface area contributed by atoms with Gasteiger partial charge >= 0.3 is 6.18 Å². The van der Waals surface area contributed by atoms with Gasteiger partial charge in [0.05, 0.1) is 12.4 Å². The van der Waals surface area contributed by atoms with Gasteiger partial charge in [0, 0.05) is 30.8 Å². The first kappa shape index (κ1) is 23.5. The molecule has 1 atom stereocenters. The Morgan fingerprint density at radius 3 is 2.06 bits per heavy atom. The largest absolute Gasteiger partial charge is 0.423 e. The molecule has 7 nitrogen and oxygen atoms in total. The molecule has 0 amide bonds. The van der Waals surface area contributed by atoms with Gasteiger partial charge in [-0.15, -0.1) is 10.2 Å². The highest BCUT2D eigenvalue weighted by Gasteiger charge is 2.38. The number of aromatic nitrogens is 4. The van der Waals surface area contributed by atoms with E-state index < -0.39 is 18.0 Å². The fourth-order valence-corrected chi connectivity index (χ4v) is 3.20. The molecule has 0 fully saturated rings. The highest BCUT2D eigenvalue weighted by Crippen LogP contribution is 2.21. The topological polar surface area (TPSA) is 88.8 Å². The molecule has 176 valence electrons. The summed E-state index contributed by atoms with van der Waals surface area (Å²) in [6, 6.07) is 12.1. The number of hydrogen-bond acceptors (Lipinski definition) is 7. The highest BCUT2D eigenvalue weighted by molar-refractivity contribution is 5.55. The summed E-state index contributed by atoms with van der Waals surface area (Å²) in [5.41, 5.74) is 2.86. The van der Waals surface area contributed by atoms with Crippen molar-refractivity contribution in [3.63, 3.8) is 0 Å². The van der Waals surface area contributed by atoms with Crippen molar-refractivity contribution in [1.82, 2.24) is 30.8 Å². The van der Waals surface area contributed by atoms with Gasteiger partial charge in [0.1, 0.15) is 6.04 Å². The molecule has 0 saturated heterocycles. The summed E-state index contributed by atoms with van der Waals surface area (Å²) in [6.45, 7) is -0.00353. The van der Waals surface area contributed by atoms with E-state index in [0.29, 0.717) is 22.8 Å². The zero-order valence-corrected chi connectivity index (χ0v) is 17.8. The zero-order chi connectivity index (χ0) is 24.0. The van der Waals surface area contributed by atoms with Crippen molar-refractivity contribution in [1.29, 1.82) is 0 Å². The molecule has 2 aromatic carbocycles. The van der Waals surface area contributed by atoms with Crippen LogP contribution >= 0.6 is 0 Å². The van der Waals surface area contributed by atoms with Crippen molar-refractivity contribution in [2.45, 2.75) is 25.3 Å². The van der Waals surface area contributed by atoms with E-state index in [4.69, 9.17) is 4.42 Å². The summed E-state index contributed by atoms with van der Waals surface area (Å²) in [4.78, 5) is 7.78. The zero-order valence-electron chi connectivity index (χ0n) is 17.8. The molecule has 2 heterocycles. The van der Waals surface area contributed by atoms with Crippen LogP contribution in [-0.4, -0.2) is 38.9 Å². The summed E-state index contributed by atoms with van der Waals surface area (Å²) >= 11 is 0. The van der Waals surface area contributed by atoms with Crippen molar-refractivity contribution >= 4 is 0 Å². The quantitative estimate of drug-likeness (QED) is 0.354. The molecular formula is C23H20F4N6O. The third-order valence-electron chi connectivity index (χ3n) is 5.02. The minimum absolute atomic E-state index is 0.0231. The minimum atomic E-state index is -4.42. The summed E-state index contributed by atoms with van der Waals surface area (Å²) < 4.78 is 58.6. The smallest absolute Gasteiger partial charge is 0.405 e. The van der Waals surface area contributed by atoms with Crippen LogP contribution in [0.15, 0.2) is 71.7 Å². The third-order valence-corrected chi connectivity index (χ3v) is 5.02. The Kier molecular flexibility index (Phi) is 7.24. The molecule has 0 bridgehead atoms. The fourth-order valence-electron chi connectivity index (χ4n) is 3.20. The number of halogens is 4. The molecule has 0 aliphatic rings. The standard InChI is InChI=1S/C23H20F4N6O/c24-19-11-30-21(31-12-19)17-5-1-16(2-6-17)10-29-20(23(25,26)27)13-28-9-15-3-7-18(8-4-15)22-33-32-14-34-22/h1-8,11-12,14,20,28-29H,9-10,13H2/t20-/m1/s1. The van der Waals surface area contributed by atoms with E-state index in [0.717, 1.165) is 23.5 Å². The van der Waals surface area contributed by atoms with E-state index >= 15 is 0 Å². The molecule has 0 aliphatic heterocycles. The summed E-state index contributed by atoms with van der Waals surface area (Å²) in [5, 5.41) is 12.8. The van der Waals surface area contributed by atoms with Crippen LogP contribution in [0.2, 0.25) is 0 Å². The van der Waals surface area contributed by atoms with Crippen LogP contribution in [0.3, 0.4) is 0 Å². The van der Waals surface area contributed by atoms with Gasteiger partial charge in [-0.1, -0.05) is 36.4 Å². The van der Waals surface area contributed by atoms with E-state index in [2.05, 4.69) is 30.8 Å². The van der Waals surface area contributed by atoms with Crippen LogP contribution in [-0.2, 0) is 13.1 Å². The SMILES string of the molecule is Fc1cnc(-c2ccc(CN[C@H](CNCc3ccc(-c4nnco4)cc3)C(F)(F)F)cc2)nc1. The molecule has 0 aliphatic carbocycles. The van der Waals surface area contributed by atoms with Crippen LogP contribution in [0.1, 0.15) is 11.1 Å². The van der Waals surface area contributed by atoms with Gasteiger partial charge in [-0.25, -0.2) is 14.4 Å². The van der Waals surface area contributed by atoms with Gasteiger partial charge in [-0.3, -0.25) is 0 Å². The average Bonchev–Trinajstić information content (AvgIpc) is 3.37. The van der Waals surface area contributed by atoms with E-state index in [9.17, 15) is 17.6 Å². The number of alkyl halides is 3. The monoisotopic (exact) mass is 472 g/mol. The lowest BCUT2D eigenvalue weighted by Crippen LogP contribution is -2.48. The maximum Gasteiger partial charge on any atom is 0.405 e. The Hall–Kier alpha value is -3.70. The van der Waals surface area contributed by atoms with Crippen LogP contribution in [0.5, 0.6) is 0 Å². The van der Waals surface area contributed by atoms with Crippen molar-refractivity contribution in [3.05, 3.63) is 84.3 Å². The Bertz CT molecular complexity index is 1160. The first-order chi connectivity index (χ1) is 16.4. The number of nitrogens with zero attached hydrogens (tertiary/aromatic N) is 4. The van der Waals surface area contributed by atoms with E-state index in [-0.39, 0.29) is 19.6 Å². The van der Waals surface area contributed by atoms with Gasteiger partial charge in [-0.05, 0) is 23.3 Å². The Morgan fingerprint density at radius 2 is 1.47 bits per heavy atom. The molecule has 4 aromatic rings. The van der Waals surface area contributed by atoms with Crippen molar-refractivity contribution in [2.75, 3.05) is 6.54 Å². The van der Waals surface area contributed by atoms with Crippen molar-refractivity contribution < 1.29 is 22.0 Å². The lowest BCUT2D eigenvalue weighted by atomic mass is 10.1. The van der Waals surface area contributed by atoms with Gasteiger partial charge in [0.25, 0.3) is 0 Å². The molecule has 11 heteroatoms. The molecule has 0 spiro atoms. The second kappa shape index (κ2) is 10.5. The van der Waals surface area contributed by atoms with Gasteiger partial charge < -0.3 is 15.1 Å². The van der Waals surface area contributed by atoms with Gasteiger partial charge in [-0.2, -0.15) is 13.2 Å². The van der Waals surface area contributed by atoms with Crippen LogP contribution in [0.4, 0.5) is 17.6 Å². The van der Waals surface area contributed by atoms with E-state index in [1.807, 2.05) is 0 Å². The second-order valence-corrected chi connectivity index (χ2v) is 7.47.